The van der Waals surface area contributed by atoms with E-state index in [2.05, 4.69) is 48.3 Å². The van der Waals surface area contributed by atoms with Gasteiger partial charge in [-0.25, -0.2) is 0 Å². The Morgan fingerprint density at radius 3 is 1.93 bits per heavy atom. The van der Waals surface area contributed by atoms with E-state index >= 15 is 0 Å². The summed E-state index contributed by atoms with van der Waals surface area (Å²) in [5, 5.41) is 7.21. The highest BCUT2D eigenvalue weighted by molar-refractivity contribution is 6.02. The summed E-state index contributed by atoms with van der Waals surface area (Å²) in [7, 11) is 0. The number of carbonyl (C=O) groups excluding carboxylic acids is 1. The molecule has 0 unspecified atom stereocenters. The molecule has 0 radical (unpaired) electrons. The van der Waals surface area contributed by atoms with Gasteiger partial charge in [-0.05, 0) is 60.3 Å². The zero-order valence-corrected chi connectivity index (χ0v) is 27.2. The fourth-order valence-corrected chi connectivity index (χ4v) is 5.41. The highest BCUT2D eigenvalue weighted by Gasteiger charge is 2.27. The van der Waals surface area contributed by atoms with Gasteiger partial charge in [0.1, 0.15) is 24.7 Å². The molecule has 0 saturated carbocycles. The molecule has 238 valence electrons. The summed E-state index contributed by atoms with van der Waals surface area (Å²) in [4.78, 5) is 15.6. The van der Waals surface area contributed by atoms with Gasteiger partial charge in [0.15, 0.2) is 11.5 Å². The second-order valence-corrected chi connectivity index (χ2v) is 11.1. The van der Waals surface area contributed by atoms with E-state index in [1.165, 1.54) is 5.56 Å². The maximum Gasteiger partial charge on any atom is 0.274 e. The van der Waals surface area contributed by atoms with Crippen LogP contribution in [0.4, 0.5) is 0 Å². The van der Waals surface area contributed by atoms with Gasteiger partial charge < -0.3 is 19.3 Å². The zero-order chi connectivity index (χ0) is 32.3. The van der Waals surface area contributed by atoms with Crippen LogP contribution < -0.4 is 14.8 Å². The lowest BCUT2D eigenvalue weighted by Crippen LogP contribution is -2.23. The molecule has 1 aromatic heterocycles. The molecule has 46 heavy (non-hydrogen) atoms. The first kappa shape index (κ1) is 32.5. The molecule has 7 nitrogen and oxygen atoms in total. The van der Waals surface area contributed by atoms with Gasteiger partial charge in [-0.15, -0.1) is 0 Å². The van der Waals surface area contributed by atoms with E-state index in [0.717, 1.165) is 54.1 Å². The third-order valence-electron chi connectivity index (χ3n) is 8.05. The first-order chi connectivity index (χ1) is 22.5. The topological polar surface area (TPSA) is 76.8 Å². The highest BCUT2D eigenvalue weighted by Crippen LogP contribution is 2.43. The van der Waals surface area contributed by atoms with Crippen LogP contribution >= 0.6 is 0 Å². The summed E-state index contributed by atoms with van der Waals surface area (Å²) in [6, 6.07) is 32.4. The monoisotopic (exact) mass is 617 g/mol. The molecule has 5 rings (SSSR count). The van der Waals surface area contributed by atoms with Crippen molar-refractivity contribution in [2.45, 2.75) is 53.9 Å². The molecule has 0 bridgehead atoms. The standard InChI is InChI=1S/C39H43N3O4/c1-5-31-23-33(35(45-27-30-17-13-10-14-18-30)24-34(31)44-26-29-15-11-9-12-16-29)38-36(37(41-46-38)39(43)40-6-2)32-21-19-28(20-22-32)25-42(7-3)8-4/h9-24H,5-8,25-27H2,1-4H3,(H,40,43). The molecule has 0 saturated heterocycles. The van der Waals surface area contributed by atoms with Crippen molar-refractivity contribution in [3.8, 4) is 33.9 Å². The van der Waals surface area contributed by atoms with Crippen LogP contribution in [0.5, 0.6) is 11.5 Å². The first-order valence-electron chi connectivity index (χ1n) is 16.1. The number of benzene rings is 4. The number of hydrogen-bond donors (Lipinski definition) is 1. The van der Waals surface area contributed by atoms with Crippen LogP contribution in [0.3, 0.4) is 0 Å². The molecule has 0 spiro atoms. The van der Waals surface area contributed by atoms with Gasteiger partial charge in [-0.1, -0.05) is 111 Å². The summed E-state index contributed by atoms with van der Waals surface area (Å²) < 4.78 is 18.9. The molecule has 7 heteroatoms. The highest BCUT2D eigenvalue weighted by atomic mass is 16.5. The number of aromatic nitrogens is 1. The first-order valence-corrected chi connectivity index (χ1v) is 16.1. The Morgan fingerprint density at radius 1 is 0.761 bits per heavy atom. The average Bonchev–Trinajstić information content (AvgIpc) is 3.55. The number of nitrogens with one attached hydrogen (secondary N) is 1. The predicted octanol–water partition coefficient (Wildman–Crippen LogP) is 8.32. The summed E-state index contributed by atoms with van der Waals surface area (Å²) >= 11 is 0. The normalized spacial score (nSPS) is 11.1. The minimum absolute atomic E-state index is 0.241. The van der Waals surface area contributed by atoms with Gasteiger partial charge in [0.05, 0.1) is 11.1 Å². The summed E-state index contributed by atoms with van der Waals surface area (Å²) in [5.41, 5.74) is 6.73. The van der Waals surface area contributed by atoms with Crippen LogP contribution in [0.15, 0.2) is 102 Å². The van der Waals surface area contributed by atoms with Gasteiger partial charge in [-0.3, -0.25) is 9.69 Å². The van der Waals surface area contributed by atoms with E-state index in [1.807, 2.05) is 91.9 Å². The van der Waals surface area contributed by atoms with Crippen LogP contribution in [0.2, 0.25) is 0 Å². The number of hydrogen-bond acceptors (Lipinski definition) is 6. The Bertz CT molecular complexity index is 1700. The van der Waals surface area contributed by atoms with Crippen molar-refractivity contribution in [2.75, 3.05) is 19.6 Å². The molecular formula is C39H43N3O4. The third-order valence-corrected chi connectivity index (χ3v) is 8.05. The van der Waals surface area contributed by atoms with Gasteiger partial charge in [0.25, 0.3) is 5.91 Å². The molecule has 0 aliphatic carbocycles. The van der Waals surface area contributed by atoms with E-state index in [1.54, 1.807) is 0 Å². The maximum atomic E-state index is 13.3. The molecule has 0 aliphatic rings. The van der Waals surface area contributed by atoms with E-state index < -0.39 is 0 Å². The van der Waals surface area contributed by atoms with Crippen molar-refractivity contribution >= 4 is 5.91 Å². The summed E-state index contributed by atoms with van der Waals surface area (Å²) in [5.74, 6) is 1.51. The summed E-state index contributed by atoms with van der Waals surface area (Å²) in [6.45, 7) is 12.4. The van der Waals surface area contributed by atoms with Gasteiger partial charge in [-0.2, -0.15) is 0 Å². The van der Waals surface area contributed by atoms with Crippen molar-refractivity contribution in [2.24, 2.45) is 0 Å². The van der Waals surface area contributed by atoms with Crippen molar-refractivity contribution in [1.29, 1.82) is 0 Å². The SMILES string of the molecule is CCNC(=O)c1noc(-c2cc(CC)c(OCc3ccccc3)cc2OCc2ccccc2)c1-c1ccc(CN(CC)CC)cc1. The number of aryl methyl sites for hydroxylation is 1. The lowest BCUT2D eigenvalue weighted by Gasteiger charge is -2.18. The minimum Gasteiger partial charge on any atom is -0.488 e. The molecule has 1 N–H and O–H groups in total. The third kappa shape index (κ3) is 7.85. The molecule has 1 heterocycles. The number of rotatable bonds is 15. The Kier molecular flexibility index (Phi) is 11.2. The fourth-order valence-electron chi connectivity index (χ4n) is 5.41. The Morgan fingerprint density at radius 2 is 1.37 bits per heavy atom. The van der Waals surface area contributed by atoms with E-state index in [0.29, 0.717) is 42.4 Å². The van der Waals surface area contributed by atoms with Gasteiger partial charge >= 0.3 is 0 Å². The van der Waals surface area contributed by atoms with Crippen LogP contribution in [-0.2, 0) is 26.2 Å². The van der Waals surface area contributed by atoms with Gasteiger partial charge in [0, 0.05) is 19.2 Å². The number of nitrogens with zero attached hydrogens (tertiary/aromatic N) is 2. The molecule has 0 atom stereocenters. The Balaban J connectivity index is 1.60. The number of carbonyl (C=O) groups is 1. The fraction of sp³-hybridized carbons (Fsp3) is 0.282. The molecule has 4 aromatic carbocycles. The minimum atomic E-state index is -0.287. The quantitative estimate of drug-likeness (QED) is 0.127. The van der Waals surface area contributed by atoms with Crippen molar-refractivity contribution in [1.82, 2.24) is 15.4 Å². The largest absolute Gasteiger partial charge is 0.488 e. The molecule has 0 aliphatic heterocycles. The Hall–Kier alpha value is -4.88. The van der Waals surface area contributed by atoms with Crippen molar-refractivity contribution in [3.63, 3.8) is 0 Å². The van der Waals surface area contributed by atoms with Crippen molar-refractivity contribution in [3.05, 3.63) is 125 Å². The Labute approximate surface area is 272 Å². The predicted molar refractivity (Wildman–Crippen MR) is 183 cm³/mol. The number of amides is 1. The second-order valence-electron chi connectivity index (χ2n) is 11.1. The van der Waals surface area contributed by atoms with Crippen molar-refractivity contribution < 1.29 is 18.8 Å². The molecular weight excluding hydrogens is 574 g/mol. The molecule has 0 fully saturated rings. The second kappa shape index (κ2) is 15.9. The van der Waals surface area contributed by atoms with E-state index in [-0.39, 0.29) is 11.6 Å². The van der Waals surface area contributed by atoms with Crippen LogP contribution in [0.25, 0.3) is 22.5 Å². The zero-order valence-electron chi connectivity index (χ0n) is 27.2. The lowest BCUT2D eigenvalue weighted by molar-refractivity contribution is 0.0947. The lowest BCUT2D eigenvalue weighted by atomic mass is 9.96. The van der Waals surface area contributed by atoms with Crippen LogP contribution in [-0.4, -0.2) is 35.6 Å². The maximum absolute atomic E-state index is 13.3. The number of ether oxygens (including phenoxy) is 2. The van der Waals surface area contributed by atoms with Crippen LogP contribution in [0, 0.1) is 0 Å². The van der Waals surface area contributed by atoms with E-state index in [4.69, 9.17) is 14.0 Å². The van der Waals surface area contributed by atoms with Gasteiger partial charge in [0.2, 0.25) is 0 Å². The smallest absolute Gasteiger partial charge is 0.274 e. The molecule has 1 amide bonds. The average molecular weight is 618 g/mol. The van der Waals surface area contributed by atoms with E-state index in [9.17, 15) is 4.79 Å². The summed E-state index contributed by atoms with van der Waals surface area (Å²) in [6.07, 6.45) is 0.725. The van der Waals surface area contributed by atoms with Crippen LogP contribution in [0.1, 0.15) is 60.4 Å². The molecule has 5 aromatic rings.